The van der Waals surface area contributed by atoms with Gasteiger partial charge in [-0.2, -0.15) is 10.4 Å². The number of hydrogen-bond donors (Lipinski definition) is 0. The number of likely N-dealkylation sites (N-methyl/N-ethyl adjacent to an activating group) is 1. The van der Waals surface area contributed by atoms with Gasteiger partial charge in [-0.1, -0.05) is 18.4 Å². The van der Waals surface area contributed by atoms with Crippen LogP contribution in [0, 0.1) is 11.3 Å². The normalized spacial score (nSPS) is 10.2. The molecule has 0 unspecified atom stereocenters. The second-order valence-electron chi connectivity index (χ2n) is 2.27. The van der Waals surface area contributed by atoms with Crippen molar-refractivity contribution in [3.63, 3.8) is 0 Å². The molecule has 0 rings (SSSR count). The minimum absolute atomic E-state index is 0.378. The Morgan fingerprint density at radius 1 is 1.46 bits per heavy atom. The molecule has 0 aliphatic rings. The molecule has 0 saturated heterocycles. The maximum atomic E-state index is 8.40. The van der Waals surface area contributed by atoms with E-state index in [2.05, 4.69) is 23.5 Å². The maximum Gasteiger partial charge on any atom is 0.0985 e. The van der Waals surface area contributed by atoms with Gasteiger partial charge in [-0.15, -0.1) is 0 Å². The smallest absolute Gasteiger partial charge is 0.0985 e. The van der Waals surface area contributed by atoms with Gasteiger partial charge in [-0.05, 0) is 12.2 Å². The van der Waals surface area contributed by atoms with Crippen molar-refractivity contribution >= 4 is 0 Å². The van der Waals surface area contributed by atoms with Crippen LogP contribution in [0.2, 0.25) is 0 Å². The molecule has 68 valence electrons. The van der Waals surface area contributed by atoms with Gasteiger partial charge in [0, 0.05) is 12.6 Å². The lowest BCUT2D eigenvalue weighted by Gasteiger charge is -2.09. The van der Waals surface area contributed by atoms with E-state index >= 15 is 0 Å². The summed E-state index contributed by atoms with van der Waals surface area (Å²) >= 11 is 0. The van der Waals surface area contributed by atoms with Crippen LogP contribution in [0.15, 0.2) is 46.9 Å². The summed E-state index contributed by atoms with van der Waals surface area (Å²) < 4.78 is 0. The molecule has 0 atom stereocenters. The average Bonchev–Trinajstić information content (AvgIpc) is 2.13. The molecule has 0 fully saturated rings. The molecule has 0 aliphatic heterocycles. The molecule has 13 heavy (non-hydrogen) atoms. The summed E-state index contributed by atoms with van der Waals surface area (Å²) in [6.45, 7) is 7.20. The first-order valence-corrected chi connectivity index (χ1v) is 3.61. The second kappa shape index (κ2) is 5.72. The third kappa shape index (κ3) is 4.53. The fourth-order valence-electron chi connectivity index (χ4n) is 0.534. The molecule has 0 aliphatic carbocycles. The fourth-order valence-corrected chi connectivity index (χ4v) is 0.534. The predicted octanol–water partition coefficient (Wildman–Crippen LogP) is 2.06. The van der Waals surface area contributed by atoms with Crippen LogP contribution in [0.5, 0.6) is 0 Å². The summed E-state index contributed by atoms with van der Waals surface area (Å²) in [5.41, 5.74) is 1.02. The molecule has 0 bridgehead atoms. The number of nitrogens with zero attached hydrogens (tertiary/aromatic N) is 4. The molecule has 4 nitrogen and oxygen atoms in total. The van der Waals surface area contributed by atoms with Crippen molar-refractivity contribution in [2.24, 2.45) is 10.3 Å². The van der Waals surface area contributed by atoms with E-state index in [-0.39, 0.29) is 0 Å². The number of allylic oxidation sites excluding steroid dienone is 3. The Kier molecular flexibility index (Phi) is 4.89. The highest BCUT2D eigenvalue weighted by Gasteiger charge is 1.94. The monoisotopic (exact) mass is 176 g/mol. The second-order valence-corrected chi connectivity index (χ2v) is 2.27. The fraction of sp³-hybridized carbons (Fsp3) is 0.222. The minimum atomic E-state index is 0.378. The highest BCUT2D eigenvalue weighted by Crippen LogP contribution is 2.02. The van der Waals surface area contributed by atoms with Gasteiger partial charge >= 0.3 is 0 Å². The van der Waals surface area contributed by atoms with Crippen molar-refractivity contribution in [1.29, 1.82) is 5.26 Å². The summed E-state index contributed by atoms with van der Waals surface area (Å²) in [5, 5.41) is 17.2. The Morgan fingerprint density at radius 3 is 2.54 bits per heavy atom. The van der Waals surface area contributed by atoms with Gasteiger partial charge in [0.2, 0.25) is 0 Å². The van der Waals surface area contributed by atoms with E-state index < -0.39 is 0 Å². The summed E-state index contributed by atoms with van der Waals surface area (Å²) in [5.74, 6) is 0. The highest BCUT2D eigenvalue weighted by molar-refractivity contribution is 5.32. The van der Waals surface area contributed by atoms with Gasteiger partial charge < -0.3 is 0 Å². The molecule has 0 saturated carbocycles. The first-order valence-electron chi connectivity index (χ1n) is 3.61. The van der Waals surface area contributed by atoms with E-state index in [1.807, 2.05) is 6.07 Å². The van der Waals surface area contributed by atoms with Crippen LogP contribution in [0.25, 0.3) is 0 Å². The van der Waals surface area contributed by atoms with Crippen LogP contribution >= 0.6 is 0 Å². The Balaban J connectivity index is 4.24. The lowest BCUT2D eigenvalue weighted by molar-refractivity contribution is 0.428. The van der Waals surface area contributed by atoms with Gasteiger partial charge in [0.25, 0.3) is 0 Å². The van der Waals surface area contributed by atoms with Crippen LogP contribution in [0.1, 0.15) is 0 Å². The van der Waals surface area contributed by atoms with E-state index in [0.29, 0.717) is 11.3 Å². The lowest BCUT2D eigenvalue weighted by atomic mass is 10.3. The van der Waals surface area contributed by atoms with Crippen molar-refractivity contribution < 1.29 is 0 Å². The summed E-state index contributed by atoms with van der Waals surface area (Å²) in [6.07, 6.45) is 3.23. The summed E-state index contributed by atoms with van der Waals surface area (Å²) in [4.78, 5) is 0. The third-order valence-corrected chi connectivity index (χ3v) is 1.26. The zero-order valence-corrected chi connectivity index (χ0v) is 7.86. The molecule has 0 radical (unpaired) electrons. The number of rotatable bonds is 4. The van der Waals surface area contributed by atoms with Crippen molar-refractivity contribution in [3.05, 3.63) is 36.6 Å². The lowest BCUT2D eigenvalue weighted by Crippen LogP contribution is -2.06. The molecule has 0 spiro atoms. The van der Waals surface area contributed by atoms with Crippen LogP contribution < -0.4 is 0 Å². The van der Waals surface area contributed by atoms with Gasteiger partial charge in [-0.3, -0.25) is 5.01 Å². The predicted molar refractivity (Wildman–Crippen MR) is 51.6 cm³/mol. The van der Waals surface area contributed by atoms with E-state index in [9.17, 15) is 0 Å². The molecule has 0 heterocycles. The molecule has 4 heteroatoms. The Morgan fingerprint density at radius 2 is 2.08 bits per heavy atom. The molecule has 0 aromatic carbocycles. The first-order chi connectivity index (χ1) is 6.11. The van der Waals surface area contributed by atoms with Gasteiger partial charge in [-0.25, -0.2) is 0 Å². The van der Waals surface area contributed by atoms with Crippen molar-refractivity contribution in [2.75, 3.05) is 14.1 Å². The van der Waals surface area contributed by atoms with Crippen LogP contribution in [0.3, 0.4) is 0 Å². The number of hydrogen-bond acceptors (Lipinski definition) is 3. The van der Waals surface area contributed by atoms with Crippen molar-refractivity contribution in [2.45, 2.75) is 0 Å². The standard InChI is InChI=1S/C9H12N4/c1-8(7-10)5-6-9(2)13(4)12-11-3/h5-6H,1-2H2,3-4H3. The zero-order valence-electron chi connectivity index (χ0n) is 7.86. The summed E-state index contributed by atoms with van der Waals surface area (Å²) in [7, 11) is 3.29. The van der Waals surface area contributed by atoms with Crippen molar-refractivity contribution in [3.8, 4) is 6.07 Å². The van der Waals surface area contributed by atoms with Crippen LogP contribution in [-0.4, -0.2) is 19.1 Å². The molecule has 0 N–H and O–H groups in total. The molecule has 0 aromatic heterocycles. The maximum absolute atomic E-state index is 8.40. The zero-order chi connectivity index (χ0) is 10.3. The quantitative estimate of drug-likeness (QED) is 0.285. The van der Waals surface area contributed by atoms with Gasteiger partial charge in [0.1, 0.15) is 0 Å². The Hall–Kier alpha value is -1.89. The Labute approximate surface area is 78.2 Å². The van der Waals surface area contributed by atoms with Gasteiger partial charge in [0.05, 0.1) is 18.8 Å². The topological polar surface area (TPSA) is 51.8 Å². The Bertz CT molecular complexity index is 293. The van der Waals surface area contributed by atoms with Crippen LogP contribution in [-0.2, 0) is 0 Å². The molecule has 0 aromatic rings. The average molecular weight is 176 g/mol. The van der Waals surface area contributed by atoms with E-state index in [0.717, 1.165) is 0 Å². The summed E-state index contributed by atoms with van der Waals surface area (Å²) in [6, 6.07) is 1.90. The minimum Gasteiger partial charge on any atom is -0.251 e. The van der Waals surface area contributed by atoms with Gasteiger partial charge in [0.15, 0.2) is 0 Å². The van der Waals surface area contributed by atoms with E-state index in [1.165, 1.54) is 5.01 Å². The van der Waals surface area contributed by atoms with Crippen LogP contribution in [0.4, 0.5) is 0 Å². The molecule has 0 amide bonds. The molecular weight excluding hydrogens is 164 g/mol. The molecular formula is C9H12N4. The van der Waals surface area contributed by atoms with E-state index in [4.69, 9.17) is 5.26 Å². The SMILES string of the molecule is C=C(C#N)C=CC(=C)N(C)N=NC. The largest absolute Gasteiger partial charge is 0.251 e. The third-order valence-electron chi connectivity index (χ3n) is 1.26. The first kappa shape index (κ1) is 11.1. The highest BCUT2D eigenvalue weighted by atomic mass is 15.5. The number of nitriles is 1. The van der Waals surface area contributed by atoms with Crippen molar-refractivity contribution in [1.82, 2.24) is 5.01 Å². The van der Waals surface area contributed by atoms with E-state index in [1.54, 1.807) is 26.2 Å².